The molecule has 6 heteroatoms. The van der Waals surface area contributed by atoms with Crippen molar-refractivity contribution in [2.45, 2.75) is 25.8 Å². The molecule has 0 aromatic carbocycles. The summed E-state index contributed by atoms with van der Waals surface area (Å²) in [5, 5.41) is 6.15. The van der Waals surface area contributed by atoms with Gasteiger partial charge in [0.2, 0.25) is 5.91 Å². The maximum Gasteiger partial charge on any atom is 0.305 e. The van der Waals surface area contributed by atoms with Gasteiger partial charge in [-0.25, -0.2) is 0 Å². The first-order chi connectivity index (χ1) is 8.61. The second-order valence-corrected chi connectivity index (χ2v) is 4.62. The second-order valence-electron chi connectivity index (χ2n) is 4.62. The molecule has 0 radical (unpaired) electrons. The van der Waals surface area contributed by atoms with Gasteiger partial charge in [0, 0.05) is 38.6 Å². The molecule has 0 aromatic heterocycles. The summed E-state index contributed by atoms with van der Waals surface area (Å²) in [5.41, 5.74) is 0. The van der Waals surface area contributed by atoms with Gasteiger partial charge in [-0.3, -0.25) is 14.5 Å². The molecule has 18 heavy (non-hydrogen) atoms. The largest absolute Gasteiger partial charge is 0.469 e. The van der Waals surface area contributed by atoms with Crippen molar-refractivity contribution >= 4 is 11.9 Å². The van der Waals surface area contributed by atoms with Gasteiger partial charge in [0.05, 0.1) is 13.7 Å². The van der Waals surface area contributed by atoms with Crippen molar-refractivity contribution in [1.82, 2.24) is 15.5 Å². The fourth-order valence-corrected chi connectivity index (χ4v) is 1.98. The van der Waals surface area contributed by atoms with Gasteiger partial charge in [-0.2, -0.15) is 0 Å². The van der Waals surface area contributed by atoms with E-state index in [1.807, 2.05) is 0 Å². The summed E-state index contributed by atoms with van der Waals surface area (Å²) < 4.78 is 4.52. The third kappa shape index (κ3) is 5.97. The first-order valence-corrected chi connectivity index (χ1v) is 6.41. The standard InChI is InChI=1S/C12H23N3O3/c1-10-8-15(7-6-13-10)9-11(16)14-5-3-4-12(17)18-2/h10,13H,3-9H2,1-2H3,(H,14,16). The molecule has 1 atom stereocenters. The third-order valence-electron chi connectivity index (χ3n) is 2.93. The highest BCUT2D eigenvalue weighted by Crippen LogP contribution is 1.97. The van der Waals surface area contributed by atoms with Crippen LogP contribution in [0.25, 0.3) is 0 Å². The van der Waals surface area contributed by atoms with Crippen molar-refractivity contribution in [2.75, 3.05) is 39.8 Å². The maximum absolute atomic E-state index is 11.6. The van der Waals surface area contributed by atoms with Crippen LogP contribution in [-0.4, -0.2) is 62.7 Å². The van der Waals surface area contributed by atoms with E-state index in [-0.39, 0.29) is 11.9 Å². The molecule has 1 saturated heterocycles. The van der Waals surface area contributed by atoms with Crippen LogP contribution in [0.4, 0.5) is 0 Å². The first-order valence-electron chi connectivity index (χ1n) is 6.41. The summed E-state index contributed by atoms with van der Waals surface area (Å²) in [6.07, 6.45) is 0.970. The lowest BCUT2D eigenvalue weighted by atomic mass is 10.2. The van der Waals surface area contributed by atoms with Crippen molar-refractivity contribution in [3.05, 3.63) is 0 Å². The number of carbonyl (C=O) groups is 2. The van der Waals surface area contributed by atoms with Gasteiger partial charge in [0.1, 0.15) is 0 Å². The lowest BCUT2D eigenvalue weighted by Crippen LogP contribution is -2.51. The fourth-order valence-electron chi connectivity index (χ4n) is 1.98. The molecular weight excluding hydrogens is 234 g/mol. The summed E-state index contributed by atoms with van der Waals surface area (Å²) in [7, 11) is 1.37. The van der Waals surface area contributed by atoms with Crippen LogP contribution in [0.15, 0.2) is 0 Å². The molecule has 0 aromatic rings. The van der Waals surface area contributed by atoms with E-state index in [0.29, 0.717) is 32.0 Å². The predicted molar refractivity (Wildman–Crippen MR) is 68.2 cm³/mol. The van der Waals surface area contributed by atoms with Crippen LogP contribution in [0.5, 0.6) is 0 Å². The van der Waals surface area contributed by atoms with Crippen LogP contribution in [0.3, 0.4) is 0 Å². The SMILES string of the molecule is COC(=O)CCCNC(=O)CN1CCNC(C)C1. The molecule has 1 rings (SSSR count). The molecule has 1 amide bonds. The zero-order chi connectivity index (χ0) is 13.4. The Morgan fingerprint density at radius 2 is 2.28 bits per heavy atom. The second kappa shape index (κ2) is 8.05. The number of ether oxygens (including phenoxy) is 1. The minimum absolute atomic E-state index is 0.0222. The number of hydrogen-bond acceptors (Lipinski definition) is 5. The molecule has 1 unspecified atom stereocenters. The molecule has 0 bridgehead atoms. The highest BCUT2D eigenvalue weighted by molar-refractivity contribution is 5.78. The smallest absolute Gasteiger partial charge is 0.305 e. The predicted octanol–water partition coefficient (Wildman–Crippen LogP) is -0.650. The van der Waals surface area contributed by atoms with Gasteiger partial charge in [-0.1, -0.05) is 0 Å². The van der Waals surface area contributed by atoms with Crippen molar-refractivity contribution < 1.29 is 14.3 Å². The number of nitrogens with zero attached hydrogens (tertiary/aromatic N) is 1. The Morgan fingerprint density at radius 3 is 2.94 bits per heavy atom. The topological polar surface area (TPSA) is 70.7 Å². The molecule has 104 valence electrons. The Hall–Kier alpha value is -1.14. The Balaban J connectivity index is 2.08. The van der Waals surface area contributed by atoms with Gasteiger partial charge in [0.25, 0.3) is 0 Å². The minimum Gasteiger partial charge on any atom is -0.469 e. The number of amides is 1. The Morgan fingerprint density at radius 1 is 1.50 bits per heavy atom. The molecule has 2 N–H and O–H groups in total. The van der Waals surface area contributed by atoms with E-state index in [9.17, 15) is 9.59 Å². The lowest BCUT2D eigenvalue weighted by Gasteiger charge is -2.31. The highest BCUT2D eigenvalue weighted by atomic mass is 16.5. The van der Waals surface area contributed by atoms with Gasteiger partial charge >= 0.3 is 5.97 Å². The van der Waals surface area contributed by atoms with E-state index in [0.717, 1.165) is 19.6 Å². The Labute approximate surface area is 108 Å². The molecule has 0 aliphatic carbocycles. The van der Waals surface area contributed by atoms with Gasteiger partial charge in [0.15, 0.2) is 0 Å². The Bertz CT molecular complexity index is 284. The number of methoxy groups -OCH3 is 1. The summed E-state index contributed by atoms with van der Waals surface area (Å²) in [6, 6.07) is 0.436. The minimum atomic E-state index is -0.236. The van der Waals surface area contributed by atoms with Crippen LogP contribution in [0.2, 0.25) is 0 Å². The lowest BCUT2D eigenvalue weighted by molar-refractivity contribution is -0.140. The average Bonchev–Trinajstić information content (AvgIpc) is 2.34. The van der Waals surface area contributed by atoms with Crippen molar-refractivity contribution in [3.8, 4) is 0 Å². The van der Waals surface area contributed by atoms with E-state index in [1.54, 1.807) is 0 Å². The third-order valence-corrected chi connectivity index (χ3v) is 2.93. The van der Waals surface area contributed by atoms with Crippen LogP contribution in [-0.2, 0) is 14.3 Å². The van der Waals surface area contributed by atoms with E-state index >= 15 is 0 Å². The summed E-state index contributed by atoms with van der Waals surface area (Å²) in [4.78, 5) is 24.6. The average molecular weight is 257 g/mol. The number of esters is 1. The van der Waals surface area contributed by atoms with Gasteiger partial charge in [-0.05, 0) is 13.3 Å². The number of rotatable bonds is 6. The monoisotopic (exact) mass is 257 g/mol. The first kappa shape index (κ1) is 14.9. The van der Waals surface area contributed by atoms with Crippen LogP contribution in [0.1, 0.15) is 19.8 Å². The van der Waals surface area contributed by atoms with Crippen molar-refractivity contribution in [2.24, 2.45) is 0 Å². The van der Waals surface area contributed by atoms with E-state index in [4.69, 9.17) is 0 Å². The van der Waals surface area contributed by atoms with Gasteiger partial charge < -0.3 is 15.4 Å². The maximum atomic E-state index is 11.6. The van der Waals surface area contributed by atoms with Gasteiger partial charge in [-0.15, -0.1) is 0 Å². The number of nitrogens with one attached hydrogen (secondary N) is 2. The molecule has 6 nitrogen and oxygen atoms in total. The van der Waals surface area contributed by atoms with E-state index in [1.165, 1.54) is 7.11 Å². The number of carbonyl (C=O) groups excluding carboxylic acids is 2. The van der Waals surface area contributed by atoms with E-state index < -0.39 is 0 Å². The zero-order valence-corrected chi connectivity index (χ0v) is 11.2. The number of hydrogen-bond donors (Lipinski definition) is 2. The van der Waals surface area contributed by atoms with Crippen molar-refractivity contribution in [3.63, 3.8) is 0 Å². The summed E-state index contributed by atoms with van der Waals surface area (Å²) in [6.45, 7) is 5.80. The quantitative estimate of drug-likeness (QED) is 0.489. The Kier molecular flexibility index (Phi) is 6.67. The summed E-state index contributed by atoms with van der Waals surface area (Å²) >= 11 is 0. The molecule has 0 spiro atoms. The fraction of sp³-hybridized carbons (Fsp3) is 0.833. The van der Waals surface area contributed by atoms with E-state index in [2.05, 4.69) is 27.2 Å². The molecule has 1 fully saturated rings. The normalized spacial score (nSPS) is 20.4. The molecular formula is C12H23N3O3. The molecule has 1 aliphatic rings. The van der Waals surface area contributed by atoms with Crippen LogP contribution < -0.4 is 10.6 Å². The molecule has 1 aliphatic heterocycles. The number of piperazine rings is 1. The summed E-state index contributed by atoms with van der Waals surface area (Å²) in [5.74, 6) is -0.214. The van der Waals surface area contributed by atoms with Crippen molar-refractivity contribution in [1.29, 1.82) is 0 Å². The highest BCUT2D eigenvalue weighted by Gasteiger charge is 2.17. The van der Waals surface area contributed by atoms with Crippen LogP contribution in [0, 0.1) is 0 Å². The zero-order valence-electron chi connectivity index (χ0n) is 11.2. The molecule has 0 saturated carbocycles. The van der Waals surface area contributed by atoms with Crippen LogP contribution >= 0.6 is 0 Å². The molecule has 1 heterocycles.